The molecule has 0 N–H and O–H groups in total. The van der Waals surface area contributed by atoms with Gasteiger partial charge in [-0.2, -0.15) is 0 Å². The molecular formula is C19H24F2N2O2. The third kappa shape index (κ3) is 3.29. The number of carbonyl (C=O) groups excluding carboxylic acids is 1. The molecule has 4 nitrogen and oxygen atoms in total. The minimum Gasteiger partial charge on any atom is -0.372 e. The number of benzene rings is 1. The number of halogens is 2. The average molecular weight is 350 g/mol. The van der Waals surface area contributed by atoms with Crippen LogP contribution in [0.1, 0.15) is 31.2 Å². The molecule has 3 fully saturated rings. The lowest BCUT2D eigenvalue weighted by molar-refractivity contribution is -0.139. The number of carbonyl (C=O) groups is 1. The van der Waals surface area contributed by atoms with Crippen molar-refractivity contribution in [2.75, 3.05) is 32.8 Å². The van der Waals surface area contributed by atoms with E-state index in [-0.39, 0.29) is 11.5 Å². The number of ether oxygens (including phenoxy) is 1. The molecule has 136 valence electrons. The Morgan fingerprint density at radius 1 is 1.24 bits per heavy atom. The number of amides is 1. The van der Waals surface area contributed by atoms with Crippen molar-refractivity contribution in [3.63, 3.8) is 0 Å². The quantitative estimate of drug-likeness (QED) is 0.818. The van der Waals surface area contributed by atoms with Gasteiger partial charge in [0.05, 0.1) is 5.60 Å². The molecule has 0 unspecified atom stereocenters. The van der Waals surface area contributed by atoms with Crippen LogP contribution in [0.3, 0.4) is 0 Å². The summed E-state index contributed by atoms with van der Waals surface area (Å²) in [6, 6.07) is 4.09. The number of likely N-dealkylation sites (tertiary alicyclic amines) is 2. The molecule has 0 saturated carbocycles. The van der Waals surface area contributed by atoms with E-state index in [1.807, 2.05) is 4.90 Å². The second-order valence-corrected chi connectivity index (χ2v) is 7.57. The third-order valence-electron chi connectivity index (χ3n) is 5.89. The van der Waals surface area contributed by atoms with Crippen molar-refractivity contribution in [3.05, 3.63) is 35.4 Å². The zero-order valence-electron chi connectivity index (χ0n) is 14.3. The fourth-order valence-corrected chi connectivity index (χ4v) is 4.51. The summed E-state index contributed by atoms with van der Waals surface area (Å²) in [5, 5.41) is 0. The lowest BCUT2D eigenvalue weighted by Gasteiger charge is -2.50. The van der Waals surface area contributed by atoms with Gasteiger partial charge in [0, 0.05) is 45.8 Å². The maximum absolute atomic E-state index is 13.3. The van der Waals surface area contributed by atoms with Gasteiger partial charge in [0.25, 0.3) is 0 Å². The Labute approximate surface area is 146 Å². The highest BCUT2D eigenvalue weighted by molar-refractivity contribution is 5.78. The fourth-order valence-electron chi connectivity index (χ4n) is 4.51. The predicted octanol–water partition coefficient (Wildman–Crippen LogP) is 2.57. The van der Waals surface area contributed by atoms with Crippen LogP contribution in [0.2, 0.25) is 0 Å². The highest BCUT2D eigenvalue weighted by atomic mass is 19.2. The normalized spacial score (nSPS) is 25.8. The summed E-state index contributed by atoms with van der Waals surface area (Å²) in [7, 11) is 0. The minimum atomic E-state index is -0.806. The molecule has 25 heavy (non-hydrogen) atoms. The highest BCUT2D eigenvalue weighted by Crippen LogP contribution is 2.42. The lowest BCUT2D eigenvalue weighted by Crippen LogP contribution is -2.64. The van der Waals surface area contributed by atoms with Crippen LogP contribution in [0.15, 0.2) is 18.2 Å². The fraction of sp³-hybridized carbons (Fsp3) is 0.632. The van der Waals surface area contributed by atoms with Crippen molar-refractivity contribution in [3.8, 4) is 0 Å². The van der Waals surface area contributed by atoms with Gasteiger partial charge in [-0.25, -0.2) is 8.78 Å². The number of hydrogen-bond acceptors (Lipinski definition) is 3. The van der Waals surface area contributed by atoms with Gasteiger partial charge >= 0.3 is 0 Å². The molecule has 0 bridgehead atoms. The van der Waals surface area contributed by atoms with E-state index in [2.05, 4.69) is 4.90 Å². The first kappa shape index (κ1) is 16.9. The lowest BCUT2D eigenvalue weighted by atomic mass is 9.78. The summed E-state index contributed by atoms with van der Waals surface area (Å²) < 4.78 is 32.4. The summed E-state index contributed by atoms with van der Waals surface area (Å²) in [5.41, 5.74) is 0.674. The van der Waals surface area contributed by atoms with Crippen molar-refractivity contribution < 1.29 is 18.3 Å². The monoisotopic (exact) mass is 350 g/mol. The van der Waals surface area contributed by atoms with E-state index in [9.17, 15) is 13.6 Å². The van der Waals surface area contributed by atoms with Gasteiger partial charge in [0.2, 0.25) is 5.91 Å². The van der Waals surface area contributed by atoms with Gasteiger partial charge in [-0.05, 0) is 42.9 Å². The van der Waals surface area contributed by atoms with Crippen LogP contribution < -0.4 is 0 Å². The van der Waals surface area contributed by atoms with E-state index in [0.717, 1.165) is 57.6 Å². The van der Waals surface area contributed by atoms with Crippen LogP contribution >= 0.6 is 0 Å². The molecule has 3 aliphatic heterocycles. The van der Waals surface area contributed by atoms with E-state index < -0.39 is 11.6 Å². The molecule has 6 heteroatoms. The second-order valence-electron chi connectivity index (χ2n) is 7.57. The molecule has 1 aromatic carbocycles. The molecular weight excluding hydrogens is 326 g/mol. The van der Waals surface area contributed by atoms with Crippen LogP contribution in [0.25, 0.3) is 0 Å². The van der Waals surface area contributed by atoms with Crippen molar-refractivity contribution in [1.82, 2.24) is 9.80 Å². The van der Waals surface area contributed by atoms with Gasteiger partial charge in [-0.3, -0.25) is 9.69 Å². The van der Waals surface area contributed by atoms with Gasteiger partial charge in [0.15, 0.2) is 11.6 Å². The predicted molar refractivity (Wildman–Crippen MR) is 88.9 cm³/mol. The molecule has 3 aliphatic rings. The van der Waals surface area contributed by atoms with Gasteiger partial charge in [0.1, 0.15) is 0 Å². The topological polar surface area (TPSA) is 32.8 Å². The summed E-state index contributed by atoms with van der Waals surface area (Å²) in [5.74, 6) is -0.846. The van der Waals surface area contributed by atoms with E-state index in [1.165, 1.54) is 12.1 Å². The second kappa shape index (κ2) is 6.65. The Morgan fingerprint density at radius 3 is 2.80 bits per heavy atom. The van der Waals surface area contributed by atoms with Crippen molar-refractivity contribution in [1.29, 1.82) is 0 Å². The molecule has 0 aliphatic carbocycles. The molecule has 4 rings (SSSR count). The molecule has 3 heterocycles. The number of nitrogens with zero attached hydrogens (tertiary/aromatic N) is 2. The Hall–Kier alpha value is -1.53. The first-order valence-corrected chi connectivity index (χ1v) is 9.14. The van der Waals surface area contributed by atoms with Crippen LogP contribution in [-0.4, -0.2) is 54.1 Å². The first-order chi connectivity index (χ1) is 12.1. The van der Waals surface area contributed by atoms with Crippen LogP contribution in [0.4, 0.5) is 8.78 Å². The number of hydrogen-bond donors (Lipinski definition) is 0. The largest absolute Gasteiger partial charge is 0.372 e. The van der Waals surface area contributed by atoms with Crippen molar-refractivity contribution in [2.24, 2.45) is 5.92 Å². The summed E-state index contributed by atoms with van der Waals surface area (Å²) in [6.07, 6.45) is 3.70. The maximum atomic E-state index is 13.3. The molecule has 3 saturated heterocycles. The van der Waals surface area contributed by atoms with Crippen LogP contribution in [0, 0.1) is 17.6 Å². The van der Waals surface area contributed by atoms with E-state index in [1.54, 1.807) is 6.07 Å². The van der Waals surface area contributed by atoms with Crippen molar-refractivity contribution in [2.45, 2.75) is 37.8 Å². The minimum absolute atomic E-state index is 0.110. The zero-order valence-corrected chi connectivity index (χ0v) is 14.3. The first-order valence-electron chi connectivity index (χ1n) is 9.14. The number of rotatable bonds is 5. The molecule has 1 amide bonds. The van der Waals surface area contributed by atoms with Gasteiger partial charge in [-0.1, -0.05) is 6.07 Å². The zero-order chi connectivity index (χ0) is 17.4. The molecule has 1 atom stereocenters. The maximum Gasteiger partial charge on any atom is 0.222 e. The Morgan fingerprint density at radius 2 is 2.08 bits per heavy atom. The standard InChI is InChI=1S/C19H24F2N2O2/c20-16-4-3-14(10-17(16)21)11-22-12-19(13-22)15(6-9-25-19)5-8-23-7-1-2-18(23)24/h3-4,10,15H,1-2,5-9,11-13H2/t15-/m0/s1. The Bertz CT molecular complexity index is 661. The summed E-state index contributed by atoms with van der Waals surface area (Å²) in [4.78, 5) is 16.0. The van der Waals surface area contributed by atoms with E-state index in [4.69, 9.17) is 4.74 Å². The van der Waals surface area contributed by atoms with Gasteiger partial charge < -0.3 is 9.64 Å². The van der Waals surface area contributed by atoms with Crippen LogP contribution in [0.5, 0.6) is 0 Å². The highest BCUT2D eigenvalue weighted by Gasteiger charge is 2.52. The smallest absolute Gasteiger partial charge is 0.222 e. The molecule has 1 aromatic rings. The molecule has 0 aromatic heterocycles. The van der Waals surface area contributed by atoms with Gasteiger partial charge in [-0.15, -0.1) is 0 Å². The third-order valence-corrected chi connectivity index (χ3v) is 5.89. The van der Waals surface area contributed by atoms with Crippen LogP contribution in [-0.2, 0) is 16.1 Å². The Balaban J connectivity index is 1.30. The van der Waals surface area contributed by atoms with Crippen molar-refractivity contribution >= 4 is 5.91 Å². The average Bonchev–Trinajstić information content (AvgIpc) is 3.15. The van der Waals surface area contributed by atoms with E-state index in [0.29, 0.717) is 18.9 Å². The summed E-state index contributed by atoms with van der Waals surface area (Å²) >= 11 is 0. The molecule has 0 radical (unpaired) electrons. The van der Waals surface area contributed by atoms with E-state index >= 15 is 0 Å². The Kier molecular flexibility index (Phi) is 4.50. The summed E-state index contributed by atoms with van der Waals surface area (Å²) in [6.45, 7) is 4.76. The molecule has 1 spiro atoms. The SMILES string of the molecule is O=C1CCCN1CC[C@H]1CCOC12CN(Cc1ccc(F)c(F)c1)C2.